The van der Waals surface area contributed by atoms with Crippen LogP contribution in [0.15, 0.2) is 6.07 Å². The minimum atomic E-state index is 0.348. The SMILES string of the molecule is CNCC1CCCN(C(=O)CCCc2cc(C)sc2C)C1. The molecule has 118 valence electrons. The van der Waals surface area contributed by atoms with Crippen LogP contribution < -0.4 is 5.32 Å². The van der Waals surface area contributed by atoms with Crippen LogP contribution in [0.4, 0.5) is 0 Å². The molecule has 21 heavy (non-hydrogen) atoms. The molecule has 0 aliphatic carbocycles. The van der Waals surface area contributed by atoms with E-state index in [0.717, 1.165) is 38.9 Å². The van der Waals surface area contributed by atoms with Gasteiger partial charge in [-0.25, -0.2) is 0 Å². The number of rotatable bonds is 6. The molecule has 1 N–H and O–H groups in total. The predicted molar refractivity (Wildman–Crippen MR) is 90.0 cm³/mol. The first-order valence-corrected chi connectivity index (χ1v) is 8.90. The van der Waals surface area contributed by atoms with Crippen molar-refractivity contribution in [3.05, 3.63) is 21.4 Å². The molecule has 0 radical (unpaired) electrons. The van der Waals surface area contributed by atoms with E-state index in [-0.39, 0.29) is 0 Å². The zero-order chi connectivity index (χ0) is 15.2. The Balaban J connectivity index is 1.75. The molecule has 1 aromatic rings. The minimum absolute atomic E-state index is 0.348. The van der Waals surface area contributed by atoms with Gasteiger partial charge in [0.2, 0.25) is 5.91 Å². The van der Waals surface area contributed by atoms with E-state index in [0.29, 0.717) is 18.2 Å². The number of hydrogen-bond acceptors (Lipinski definition) is 3. The van der Waals surface area contributed by atoms with Crippen LogP contribution >= 0.6 is 11.3 Å². The quantitative estimate of drug-likeness (QED) is 0.875. The molecule has 1 aliphatic heterocycles. The maximum absolute atomic E-state index is 12.3. The fourth-order valence-electron chi connectivity index (χ4n) is 3.27. The summed E-state index contributed by atoms with van der Waals surface area (Å²) in [5.41, 5.74) is 1.43. The average Bonchev–Trinajstić information content (AvgIpc) is 2.77. The maximum Gasteiger partial charge on any atom is 0.222 e. The van der Waals surface area contributed by atoms with Gasteiger partial charge in [-0.05, 0) is 70.7 Å². The van der Waals surface area contributed by atoms with Gasteiger partial charge >= 0.3 is 0 Å². The number of nitrogens with one attached hydrogen (secondary N) is 1. The number of carbonyl (C=O) groups is 1. The van der Waals surface area contributed by atoms with Gasteiger partial charge in [-0.15, -0.1) is 11.3 Å². The Bertz CT molecular complexity index is 467. The van der Waals surface area contributed by atoms with E-state index in [1.54, 1.807) is 0 Å². The molecule has 0 aromatic carbocycles. The number of nitrogens with zero attached hydrogens (tertiary/aromatic N) is 1. The molecular formula is C17H28N2OS. The van der Waals surface area contributed by atoms with Crippen LogP contribution in [0, 0.1) is 19.8 Å². The molecule has 4 heteroatoms. The molecule has 0 bridgehead atoms. The zero-order valence-corrected chi connectivity index (χ0v) is 14.4. The molecule has 1 atom stereocenters. The van der Waals surface area contributed by atoms with E-state index >= 15 is 0 Å². The fourth-order valence-corrected chi connectivity index (χ4v) is 4.24. The lowest BCUT2D eigenvalue weighted by atomic mass is 9.97. The smallest absolute Gasteiger partial charge is 0.222 e. The van der Waals surface area contributed by atoms with Crippen molar-refractivity contribution >= 4 is 17.2 Å². The van der Waals surface area contributed by atoms with E-state index in [1.807, 2.05) is 18.4 Å². The van der Waals surface area contributed by atoms with Crippen LogP contribution in [0.25, 0.3) is 0 Å². The van der Waals surface area contributed by atoms with Gasteiger partial charge in [0, 0.05) is 29.3 Å². The summed E-state index contributed by atoms with van der Waals surface area (Å²) >= 11 is 1.86. The Kier molecular flexibility index (Phi) is 6.24. The van der Waals surface area contributed by atoms with Crippen molar-refractivity contribution in [1.82, 2.24) is 10.2 Å². The summed E-state index contributed by atoms with van der Waals surface area (Å²) in [6.07, 6.45) is 5.11. The van der Waals surface area contributed by atoms with Crippen molar-refractivity contribution in [2.24, 2.45) is 5.92 Å². The number of piperidine rings is 1. The van der Waals surface area contributed by atoms with Gasteiger partial charge in [-0.2, -0.15) is 0 Å². The van der Waals surface area contributed by atoms with Crippen molar-refractivity contribution in [2.75, 3.05) is 26.7 Å². The normalized spacial score (nSPS) is 19.0. The van der Waals surface area contributed by atoms with Gasteiger partial charge < -0.3 is 10.2 Å². The highest BCUT2D eigenvalue weighted by molar-refractivity contribution is 7.12. The molecule has 1 unspecified atom stereocenters. The van der Waals surface area contributed by atoms with Gasteiger partial charge in [0.15, 0.2) is 0 Å². The molecule has 0 spiro atoms. The average molecular weight is 308 g/mol. The van der Waals surface area contributed by atoms with Crippen LogP contribution in [0.1, 0.15) is 41.0 Å². The summed E-state index contributed by atoms with van der Waals surface area (Å²) in [4.78, 5) is 17.2. The summed E-state index contributed by atoms with van der Waals surface area (Å²) in [5, 5.41) is 3.23. The first-order valence-electron chi connectivity index (χ1n) is 8.08. The lowest BCUT2D eigenvalue weighted by Gasteiger charge is -2.32. The number of hydrogen-bond donors (Lipinski definition) is 1. The van der Waals surface area contributed by atoms with Gasteiger partial charge in [-0.3, -0.25) is 4.79 Å². The first-order chi connectivity index (χ1) is 10.1. The standard InChI is InChI=1S/C17H28N2OS/c1-13-10-16(14(2)21-13)7-4-8-17(20)19-9-5-6-15(12-19)11-18-3/h10,15,18H,4-9,11-12H2,1-3H3. The number of aryl methyl sites for hydroxylation is 3. The Labute approximate surface area is 132 Å². The van der Waals surface area contributed by atoms with Gasteiger partial charge in [-0.1, -0.05) is 0 Å². The van der Waals surface area contributed by atoms with Crippen molar-refractivity contribution in [3.63, 3.8) is 0 Å². The first kappa shape index (κ1) is 16.5. The molecule has 1 fully saturated rings. The zero-order valence-electron chi connectivity index (χ0n) is 13.6. The number of carbonyl (C=O) groups excluding carboxylic acids is 1. The molecule has 2 heterocycles. The lowest BCUT2D eigenvalue weighted by Crippen LogP contribution is -2.42. The topological polar surface area (TPSA) is 32.3 Å². The third kappa shape index (κ3) is 4.82. The number of amides is 1. The Morgan fingerprint density at radius 2 is 2.29 bits per heavy atom. The molecule has 1 saturated heterocycles. The third-order valence-corrected chi connectivity index (χ3v) is 5.35. The highest BCUT2D eigenvalue weighted by Gasteiger charge is 2.22. The Morgan fingerprint density at radius 1 is 1.48 bits per heavy atom. The second-order valence-corrected chi connectivity index (χ2v) is 7.66. The summed E-state index contributed by atoms with van der Waals surface area (Å²) in [5.74, 6) is 0.981. The van der Waals surface area contributed by atoms with Crippen molar-refractivity contribution in [2.45, 2.75) is 46.0 Å². The summed E-state index contributed by atoms with van der Waals surface area (Å²) < 4.78 is 0. The van der Waals surface area contributed by atoms with Crippen LogP contribution in [0.3, 0.4) is 0 Å². The molecule has 0 saturated carbocycles. The third-order valence-electron chi connectivity index (χ3n) is 4.35. The lowest BCUT2D eigenvalue weighted by molar-refractivity contribution is -0.133. The second-order valence-electron chi connectivity index (χ2n) is 6.20. The highest BCUT2D eigenvalue weighted by atomic mass is 32.1. The van der Waals surface area contributed by atoms with Crippen LogP contribution in [-0.2, 0) is 11.2 Å². The predicted octanol–water partition coefficient (Wildman–Crippen LogP) is 3.15. The molecule has 3 nitrogen and oxygen atoms in total. The molecular weight excluding hydrogens is 280 g/mol. The summed E-state index contributed by atoms with van der Waals surface area (Å²) in [6.45, 7) is 7.26. The van der Waals surface area contributed by atoms with Crippen molar-refractivity contribution in [1.29, 1.82) is 0 Å². The molecule has 1 aromatic heterocycles. The Morgan fingerprint density at radius 3 is 2.95 bits per heavy atom. The van der Waals surface area contributed by atoms with Crippen LogP contribution in [0.2, 0.25) is 0 Å². The molecule has 2 rings (SSSR count). The monoisotopic (exact) mass is 308 g/mol. The van der Waals surface area contributed by atoms with E-state index in [4.69, 9.17) is 0 Å². The van der Waals surface area contributed by atoms with Gasteiger partial charge in [0.25, 0.3) is 0 Å². The minimum Gasteiger partial charge on any atom is -0.342 e. The highest BCUT2D eigenvalue weighted by Crippen LogP contribution is 2.23. The van der Waals surface area contributed by atoms with Crippen LogP contribution in [-0.4, -0.2) is 37.5 Å². The second kappa shape index (κ2) is 7.95. The van der Waals surface area contributed by atoms with E-state index in [2.05, 4.69) is 30.1 Å². The van der Waals surface area contributed by atoms with E-state index in [1.165, 1.54) is 21.7 Å². The number of thiophene rings is 1. The van der Waals surface area contributed by atoms with Crippen LogP contribution in [0.5, 0.6) is 0 Å². The fraction of sp³-hybridized carbons (Fsp3) is 0.706. The maximum atomic E-state index is 12.3. The molecule has 1 amide bonds. The van der Waals surface area contributed by atoms with Crippen molar-refractivity contribution < 1.29 is 4.79 Å². The summed E-state index contributed by atoms with van der Waals surface area (Å²) in [7, 11) is 1.99. The number of likely N-dealkylation sites (tertiary alicyclic amines) is 1. The Hall–Kier alpha value is -0.870. The van der Waals surface area contributed by atoms with Gasteiger partial charge in [0.05, 0.1) is 0 Å². The van der Waals surface area contributed by atoms with E-state index < -0.39 is 0 Å². The largest absolute Gasteiger partial charge is 0.342 e. The molecule has 1 aliphatic rings. The summed E-state index contributed by atoms with van der Waals surface area (Å²) in [6, 6.07) is 2.27. The van der Waals surface area contributed by atoms with E-state index in [9.17, 15) is 4.79 Å². The van der Waals surface area contributed by atoms with Crippen molar-refractivity contribution in [3.8, 4) is 0 Å². The van der Waals surface area contributed by atoms with Gasteiger partial charge in [0.1, 0.15) is 0 Å².